The van der Waals surface area contributed by atoms with Crippen LogP contribution in [0.2, 0.25) is 0 Å². The van der Waals surface area contributed by atoms with Gasteiger partial charge >= 0.3 is 11.9 Å². The number of hydrogen-bond donors (Lipinski definition) is 7. The van der Waals surface area contributed by atoms with E-state index >= 15 is 0 Å². The summed E-state index contributed by atoms with van der Waals surface area (Å²) in [6, 6.07) is 6.30. The van der Waals surface area contributed by atoms with Gasteiger partial charge in [0.15, 0.2) is 34.9 Å². The van der Waals surface area contributed by atoms with Gasteiger partial charge in [0.05, 0.1) is 5.56 Å². The number of phenols is 7. The van der Waals surface area contributed by atoms with Crippen molar-refractivity contribution < 1.29 is 59.5 Å². The fourth-order valence-corrected chi connectivity index (χ4v) is 3.81. The minimum Gasteiger partial charge on any atom is -0.508 e. The quantitative estimate of drug-likeness (QED) is 0.149. The zero-order valence-electron chi connectivity index (χ0n) is 19.2. The van der Waals surface area contributed by atoms with Crippen molar-refractivity contribution in [3.05, 3.63) is 53.1 Å². The summed E-state index contributed by atoms with van der Waals surface area (Å²) in [5.74, 6) is -6.52. The lowest BCUT2D eigenvalue weighted by Crippen LogP contribution is -2.34. The molecule has 3 aromatic carbocycles. The van der Waals surface area contributed by atoms with Gasteiger partial charge in [0.2, 0.25) is 5.75 Å². The molecule has 0 spiro atoms. The molecule has 0 fully saturated rings. The maximum atomic E-state index is 13.0. The van der Waals surface area contributed by atoms with Gasteiger partial charge in [-0.05, 0) is 24.3 Å². The molecule has 1 unspecified atom stereocenters. The Kier molecular flexibility index (Phi) is 6.49. The summed E-state index contributed by atoms with van der Waals surface area (Å²) in [7, 11) is 0. The molecule has 0 aliphatic carbocycles. The molecule has 7 N–H and O–H groups in total. The molecule has 1 aliphatic rings. The number of esters is 2. The molecule has 0 amide bonds. The number of carbonyl (C=O) groups excluding carboxylic acids is 2. The lowest BCUT2D eigenvalue weighted by atomic mass is 9.93. The second-order valence-electron chi connectivity index (χ2n) is 8.21. The van der Waals surface area contributed by atoms with Gasteiger partial charge in [-0.15, -0.1) is 0 Å². The van der Waals surface area contributed by atoms with Crippen LogP contribution in [0.1, 0.15) is 40.9 Å². The molecule has 37 heavy (non-hydrogen) atoms. The molecule has 1 aliphatic heterocycles. The van der Waals surface area contributed by atoms with Gasteiger partial charge in [0, 0.05) is 36.1 Å². The van der Waals surface area contributed by atoms with Crippen LogP contribution < -0.4 is 9.47 Å². The van der Waals surface area contributed by atoms with E-state index in [-0.39, 0.29) is 46.8 Å². The number of benzene rings is 3. The molecule has 0 aromatic heterocycles. The molecule has 12 nitrogen and oxygen atoms in total. The van der Waals surface area contributed by atoms with Crippen molar-refractivity contribution >= 4 is 11.9 Å². The third kappa shape index (κ3) is 4.89. The Labute approximate surface area is 208 Å². The van der Waals surface area contributed by atoms with E-state index in [1.807, 2.05) is 0 Å². The number of aromatic hydroxyl groups is 7. The number of phenolic OH excluding ortho intramolecular Hbond substituents is 7. The fourth-order valence-electron chi connectivity index (χ4n) is 3.81. The smallest absolute Gasteiger partial charge is 0.338 e. The van der Waals surface area contributed by atoms with Gasteiger partial charge in [-0.3, -0.25) is 4.79 Å². The topological polar surface area (TPSA) is 203 Å². The molecule has 0 saturated carbocycles. The maximum Gasteiger partial charge on any atom is 0.338 e. The summed E-state index contributed by atoms with van der Waals surface area (Å²) in [4.78, 5) is 24.7. The lowest BCUT2D eigenvalue weighted by Gasteiger charge is -2.34. The van der Waals surface area contributed by atoms with Crippen LogP contribution >= 0.6 is 0 Å². The summed E-state index contributed by atoms with van der Waals surface area (Å²) in [5.41, 5.74) is -0.0412. The van der Waals surface area contributed by atoms with Gasteiger partial charge in [0.1, 0.15) is 23.4 Å². The van der Waals surface area contributed by atoms with E-state index in [1.54, 1.807) is 0 Å². The molecule has 0 bridgehead atoms. The van der Waals surface area contributed by atoms with Gasteiger partial charge in [-0.2, -0.15) is 0 Å². The molecule has 12 heteroatoms. The predicted octanol–water partition coefficient (Wildman–Crippen LogP) is 2.84. The zero-order valence-corrected chi connectivity index (χ0v) is 19.2. The van der Waals surface area contributed by atoms with E-state index in [0.717, 1.165) is 30.3 Å². The highest BCUT2D eigenvalue weighted by Gasteiger charge is 2.37. The van der Waals surface area contributed by atoms with Crippen LogP contribution in [0.25, 0.3) is 0 Å². The monoisotopic (exact) mass is 514 g/mol. The SMILES string of the molecule is CCC(=O)Oc1cc(C(=O)OC2Cc3c(O)cc(O)cc3O[C@@H]2c2cc(O)c(O)c(O)c2)cc(O)c1O. The maximum absolute atomic E-state index is 13.0. The Balaban J connectivity index is 1.72. The first-order chi connectivity index (χ1) is 17.5. The summed E-state index contributed by atoms with van der Waals surface area (Å²) in [6.07, 6.45) is -2.61. The first-order valence-electron chi connectivity index (χ1n) is 10.9. The van der Waals surface area contributed by atoms with Gasteiger partial charge in [-0.25, -0.2) is 4.79 Å². The van der Waals surface area contributed by atoms with E-state index in [0.29, 0.717) is 0 Å². The van der Waals surface area contributed by atoms with E-state index in [4.69, 9.17) is 14.2 Å². The summed E-state index contributed by atoms with van der Waals surface area (Å²) in [5, 5.41) is 69.8. The zero-order chi connectivity index (χ0) is 27.0. The Hall–Kier alpha value is -5.00. The number of fused-ring (bicyclic) bond motifs is 1. The number of hydrogen-bond acceptors (Lipinski definition) is 12. The van der Waals surface area contributed by atoms with Crippen molar-refractivity contribution in [2.45, 2.75) is 32.0 Å². The van der Waals surface area contributed by atoms with E-state index < -0.39 is 58.6 Å². The average molecular weight is 514 g/mol. The predicted molar refractivity (Wildman–Crippen MR) is 123 cm³/mol. The molecular weight excluding hydrogens is 492 g/mol. The molecule has 1 heterocycles. The summed E-state index contributed by atoms with van der Waals surface area (Å²) < 4.78 is 16.4. The molecule has 3 aromatic rings. The molecular formula is C25H22O12. The Morgan fingerprint density at radius 1 is 0.865 bits per heavy atom. The van der Waals surface area contributed by atoms with Crippen molar-refractivity contribution in [2.75, 3.05) is 0 Å². The van der Waals surface area contributed by atoms with Gasteiger partial charge < -0.3 is 50.0 Å². The molecule has 0 saturated heterocycles. The Morgan fingerprint density at radius 2 is 1.51 bits per heavy atom. The third-order valence-corrected chi connectivity index (χ3v) is 5.65. The average Bonchev–Trinajstić information content (AvgIpc) is 2.84. The van der Waals surface area contributed by atoms with Gasteiger partial charge in [0.25, 0.3) is 0 Å². The number of carbonyl (C=O) groups is 2. The van der Waals surface area contributed by atoms with Crippen LogP contribution in [0.15, 0.2) is 36.4 Å². The Morgan fingerprint density at radius 3 is 2.16 bits per heavy atom. The van der Waals surface area contributed by atoms with Gasteiger partial charge in [-0.1, -0.05) is 6.92 Å². The molecule has 2 atom stereocenters. The van der Waals surface area contributed by atoms with Crippen LogP contribution in [0, 0.1) is 0 Å². The minimum atomic E-state index is -1.21. The van der Waals surface area contributed by atoms with E-state index in [1.165, 1.54) is 13.0 Å². The fraction of sp³-hybridized carbons (Fsp3) is 0.200. The molecule has 0 radical (unpaired) electrons. The van der Waals surface area contributed by atoms with Crippen LogP contribution in [0.3, 0.4) is 0 Å². The largest absolute Gasteiger partial charge is 0.508 e. The van der Waals surface area contributed by atoms with E-state index in [2.05, 4.69) is 0 Å². The summed E-state index contributed by atoms with van der Waals surface area (Å²) in [6.45, 7) is 1.51. The number of rotatable bonds is 5. The second-order valence-corrected chi connectivity index (χ2v) is 8.21. The van der Waals surface area contributed by atoms with Crippen LogP contribution in [-0.4, -0.2) is 53.8 Å². The highest BCUT2D eigenvalue weighted by atomic mass is 16.6. The molecule has 4 rings (SSSR count). The van der Waals surface area contributed by atoms with Crippen LogP contribution in [0.4, 0.5) is 0 Å². The lowest BCUT2D eigenvalue weighted by molar-refractivity contribution is -0.134. The van der Waals surface area contributed by atoms with Crippen LogP contribution in [-0.2, 0) is 16.0 Å². The highest BCUT2D eigenvalue weighted by Crippen LogP contribution is 2.46. The van der Waals surface area contributed by atoms with Crippen molar-refractivity contribution in [3.8, 4) is 51.7 Å². The van der Waals surface area contributed by atoms with Crippen molar-refractivity contribution in [2.24, 2.45) is 0 Å². The van der Waals surface area contributed by atoms with Crippen molar-refractivity contribution in [1.29, 1.82) is 0 Å². The molecule has 194 valence electrons. The normalized spacial score (nSPS) is 16.4. The standard InChI is InChI=1S/C25H22O12/c1-2-21(31)35-19-6-11(5-17(30)23(19)33)25(34)37-20-9-13-14(27)7-12(26)8-18(13)36-24(20)10-3-15(28)22(32)16(29)4-10/h3-8,20,24,26-30,32-33H,2,9H2,1H3/t20?,24-/m1/s1. The first-order valence-corrected chi connectivity index (χ1v) is 10.9. The third-order valence-electron chi connectivity index (χ3n) is 5.65. The minimum absolute atomic E-state index is 0.0397. The Bertz CT molecular complexity index is 1370. The van der Waals surface area contributed by atoms with E-state index in [9.17, 15) is 45.3 Å². The second kappa shape index (κ2) is 9.57. The first kappa shape index (κ1) is 25.1. The van der Waals surface area contributed by atoms with Crippen molar-refractivity contribution in [3.63, 3.8) is 0 Å². The van der Waals surface area contributed by atoms with Crippen molar-refractivity contribution in [1.82, 2.24) is 0 Å². The van der Waals surface area contributed by atoms with Crippen LogP contribution in [0.5, 0.6) is 51.7 Å². The number of ether oxygens (including phenoxy) is 3. The summed E-state index contributed by atoms with van der Waals surface area (Å²) >= 11 is 0. The highest BCUT2D eigenvalue weighted by molar-refractivity contribution is 5.91.